The molecule has 110 valence electrons. The van der Waals surface area contributed by atoms with Gasteiger partial charge in [0.25, 0.3) is 5.91 Å². The average molecular weight is 320 g/mol. The maximum absolute atomic E-state index is 11.8. The molecule has 0 unspecified atom stereocenters. The number of amides is 1. The lowest BCUT2D eigenvalue weighted by Gasteiger charge is -2.14. The van der Waals surface area contributed by atoms with Gasteiger partial charge in [0.15, 0.2) is 0 Å². The van der Waals surface area contributed by atoms with Crippen LogP contribution >= 0.6 is 11.6 Å². The van der Waals surface area contributed by atoms with Gasteiger partial charge in [-0.3, -0.25) is 4.79 Å². The number of carbonyl (C=O) groups excluding carboxylic acids is 1. The lowest BCUT2D eigenvalue weighted by atomic mass is 10.1. The van der Waals surface area contributed by atoms with E-state index in [1.165, 1.54) is 24.3 Å². The first-order valence-corrected chi connectivity index (χ1v) is 8.10. The highest BCUT2D eigenvalue weighted by molar-refractivity contribution is 7.90. The molecule has 0 spiro atoms. The number of rotatable bonds is 6. The second-order valence-electron chi connectivity index (χ2n) is 4.29. The van der Waals surface area contributed by atoms with Crippen molar-refractivity contribution in [2.24, 2.45) is 0 Å². The van der Waals surface area contributed by atoms with Gasteiger partial charge in [0, 0.05) is 16.8 Å². The predicted molar refractivity (Wildman–Crippen MR) is 74.7 cm³/mol. The number of carbonyl (C=O) groups is 2. The highest BCUT2D eigenvalue weighted by atomic mass is 35.5. The van der Waals surface area contributed by atoms with E-state index >= 15 is 0 Å². The number of hydrogen-bond donors (Lipinski definition) is 2. The first-order chi connectivity index (χ1) is 9.19. The third-order valence-electron chi connectivity index (χ3n) is 2.49. The molecule has 0 radical (unpaired) electrons. The molecule has 0 heterocycles. The van der Waals surface area contributed by atoms with E-state index in [0.29, 0.717) is 5.02 Å². The molecule has 1 rings (SSSR count). The Balaban J connectivity index is 2.73. The van der Waals surface area contributed by atoms with E-state index < -0.39 is 27.8 Å². The first kappa shape index (κ1) is 16.5. The minimum absolute atomic E-state index is 0.187. The van der Waals surface area contributed by atoms with Crippen molar-refractivity contribution in [3.05, 3.63) is 34.9 Å². The summed E-state index contributed by atoms with van der Waals surface area (Å²) in [6.45, 7) is 0. The number of carboxylic acids is 1. The van der Waals surface area contributed by atoms with Crippen molar-refractivity contribution < 1.29 is 23.1 Å². The lowest BCUT2D eigenvalue weighted by molar-refractivity contribution is -0.139. The molecule has 0 bridgehead atoms. The Morgan fingerprint density at radius 3 is 2.30 bits per heavy atom. The van der Waals surface area contributed by atoms with Crippen molar-refractivity contribution in [2.45, 2.75) is 12.5 Å². The quantitative estimate of drug-likeness (QED) is 0.813. The van der Waals surface area contributed by atoms with Crippen LogP contribution in [0.25, 0.3) is 0 Å². The van der Waals surface area contributed by atoms with E-state index in [9.17, 15) is 18.0 Å². The zero-order valence-electron chi connectivity index (χ0n) is 10.7. The number of benzene rings is 1. The molecule has 1 aromatic rings. The Kier molecular flexibility index (Phi) is 5.52. The SMILES string of the molecule is CS(=O)(=O)CC[C@H](NC(=O)c1ccc(Cl)cc1)C(=O)O. The highest BCUT2D eigenvalue weighted by Gasteiger charge is 2.22. The van der Waals surface area contributed by atoms with Crippen LogP contribution in [0.5, 0.6) is 0 Å². The van der Waals surface area contributed by atoms with Gasteiger partial charge in [0.05, 0.1) is 5.75 Å². The summed E-state index contributed by atoms with van der Waals surface area (Å²) < 4.78 is 22.1. The smallest absolute Gasteiger partial charge is 0.326 e. The molecule has 0 aliphatic carbocycles. The maximum atomic E-state index is 11.8. The maximum Gasteiger partial charge on any atom is 0.326 e. The molecule has 1 atom stereocenters. The minimum Gasteiger partial charge on any atom is -0.480 e. The van der Waals surface area contributed by atoms with Crippen molar-refractivity contribution in [1.29, 1.82) is 0 Å². The molecular formula is C12H14ClNO5S. The van der Waals surface area contributed by atoms with Gasteiger partial charge in [-0.25, -0.2) is 13.2 Å². The second-order valence-corrected chi connectivity index (χ2v) is 6.99. The molecule has 0 saturated carbocycles. The van der Waals surface area contributed by atoms with Crippen LogP contribution in [0.15, 0.2) is 24.3 Å². The molecular weight excluding hydrogens is 306 g/mol. The predicted octanol–water partition coefficient (Wildman–Crippen LogP) is 0.958. The van der Waals surface area contributed by atoms with Crippen molar-refractivity contribution in [1.82, 2.24) is 5.32 Å². The van der Waals surface area contributed by atoms with Gasteiger partial charge in [0.1, 0.15) is 15.9 Å². The van der Waals surface area contributed by atoms with Crippen LogP contribution in [0, 0.1) is 0 Å². The van der Waals surface area contributed by atoms with E-state index in [1.807, 2.05) is 0 Å². The van der Waals surface area contributed by atoms with Crippen molar-refractivity contribution >= 4 is 33.3 Å². The summed E-state index contributed by atoms with van der Waals surface area (Å²) >= 11 is 5.68. The minimum atomic E-state index is -3.29. The normalized spacial score (nSPS) is 12.7. The third kappa shape index (κ3) is 5.58. The summed E-state index contributed by atoms with van der Waals surface area (Å²) in [5.41, 5.74) is 0.250. The average Bonchev–Trinajstić information content (AvgIpc) is 2.33. The molecule has 2 N–H and O–H groups in total. The number of aliphatic carboxylic acids is 1. The van der Waals surface area contributed by atoms with Crippen LogP contribution in [0.4, 0.5) is 0 Å². The zero-order valence-corrected chi connectivity index (χ0v) is 12.2. The van der Waals surface area contributed by atoms with E-state index in [2.05, 4.69) is 5.32 Å². The van der Waals surface area contributed by atoms with E-state index in [-0.39, 0.29) is 17.7 Å². The fourth-order valence-corrected chi connectivity index (χ4v) is 2.22. The molecule has 20 heavy (non-hydrogen) atoms. The van der Waals surface area contributed by atoms with E-state index in [0.717, 1.165) is 6.26 Å². The Morgan fingerprint density at radius 2 is 1.85 bits per heavy atom. The number of halogens is 1. The van der Waals surface area contributed by atoms with Crippen molar-refractivity contribution in [3.63, 3.8) is 0 Å². The Labute approximate surface area is 121 Å². The van der Waals surface area contributed by atoms with Gasteiger partial charge in [-0.05, 0) is 30.7 Å². The summed E-state index contributed by atoms with van der Waals surface area (Å²) in [6, 6.07) is 4.65. The Hall–Kier alpha value is -1.60. The molecule has 0 aliphatic rings. The summed E-state index contributed by atoms with van der Waals surface area (Å²) in [7, 11) is -3.29. The second kappa shape index (κ2) is 6.71. The van der Waals surface area contributed by atoms with Crippen LogP contribution in [-0.4, -0.2) is 43.5 Å². The van der Waals surface area contributed by atoms with Gasteiger partial charge < -0.3 is 10.4 Å². The lowest BCUT2D eigenvalue weighted by Crippen LogP contribution is -2.41. The molecule has 1 aromatic carbocycles. The Bertz CT molecular complexity index is 597. The molecule has 6 nitrogen and oxygen atoms in total. The van der Waals surface area contributed by atoms with Crippen molar-refractivity contribution in [2.75, 3.05) is 12.0 Å². The van der Waals surface area contributed by atoms with E-state index in [4.69, 9.17) is 16.7 Å². The van der Waals surface area contributed by atoms with Gasteiger partial charge in [0.2, 0.25) is 0 Å². The monoisotopic (exact) mass is 319 g/mol. The number of carboxylic acid groups (broad SMARTS) is 1. The summed E-state index contributed by atoms with van der Waals surface area (Å²) in [5, 5.41) is 11.7. The Morgan fingerprint density at radius 1 is 1.30 bits per heavy atom. The van der Waals surface area contributed by atoms with E-state index in [1.54, 1.807) is 0 Å². The van der Waals surface area contributed by atoms with Crippen LogP contribution in [0.1, 0.15) is 16.8 Å². The molecule has 8 heteroatoms. The third-order valence-corrected chi connectivity index (χ3v) is 3.72. The van der Waals surface area contributed by atoms with Crippen molar-refractivity contribution in [3.8, 4) is 0 Å². The highest BCUT2D eigenvalue weighted by Crippen LogP contribution is 2.10. The van der Waals surface area contributed by atoms with Crippen LogP contribution < -0.4 is 5.32 Å². The molecule has 0 aliphatic heterocycles. The molecule has 0 saturated heterocycles. The fraction of sp³-hybridized carbons (Fsp3) is 0.333. The van der Waals surface area contributed by atoms with Crippen LogP contribution in [0.2, 0.25) is 5.02 Å². The summed E-state index contributed by atoms with van der Waals surface area (Å²) in [6.07, 6.45) is 0.820. The fourth-order valence-electron chi connectivity index (χ4n) is 1.43. The standard InChI is InChI=1S/C12H14ClNO5S/c1-20(18,19)7-6-10(12(16)17)14-11(15)8-2-4-9(13)5-3-8/h2-5,10H,6-7H2,1H3,(H,14,15)(H,16,17)/t10-/m0/s1. The molecule has 0 aromatic heterocycles. The number of sulfone groups is 1. The van der Waals surface area contributed by atoms with Gasteiger partial charge in [-0.15, -0.1) is 0 Å². The van der Waals surface area contributed by atoms with Gasteiger partial charge in [-0.1, -0.05) is 11.6 Å². The zero-order chi connectivity index (χ0) is 15.3. The number of hydrogen-bond acceptors (Lipinski definition) is 4. The topological polar surface area (TPSA) is 101 Å². The molecule has 1 amide bonds. The largest absolute Gasteiger partial charge is 0.480 e. The van der Waals surface area contributed by atoms with Gasteiger partial charge in [-0.2, -0.15) is 0 Å². The van der Waals surface area contributed by atoms with Crippen LogP contribution in [0.3, 0.4) is 0 Å². The molecule has 0 fully saturated rings. The summed E-state index contributed by atoms with van der Waals surface area (Å²) in [4.78, 5) is 22.8. The van der Waals surface area contributed by atoms with Crippen LogP contribution in [-0.2, 0) is 14.6 Å². The summed E-state index contributed by atoms with van der Waals surface area (Å²) in [5.74, 6) is -2.19. The first-order valence-electron chi connectivity index (χ1n) is 5.66. The number of nitrogens with one attached hydrogen (secondary N) is 1. The van der Waals surface area contributed by atoms with Gasteiger partial charge >= 0.3 is 5.97 Å².